The largest absolute Gasteiger partial charge is 0.494 e. The first kappa shape index (κ1) is 15.2. The number of rotatable bonds is 6. The molecule has 0 aromatic carbocycles. The predicted octanol–water partition coefficient (Wildman–Crippen LogP) is 0.547. The Bertz CT molecular complexity index is 385. The molecule has 1 heterocycles. The zero-order valence-electron chi connectivity index (χ0n) is 11.8. The fourth-order valence-electron chi connectivity index (χ4n) is 1.35. The van der Waals surface area contributed by atoms with Crippen molar-refractivity contribution < 1.29 is 14.8 Å². The fraction of sp³-hybridized carbons (Fsp3) is 0.750. The van der Waals surface area contributed by atoms with Crippen LogP contribution in [0.25, 0.3) is 0 Å². The minimum Gasteiger partial charge on any atom is -0.423 e. The van der Waals surface area contributed by atoms with Crippen LogP contribution >= 0.6 is 0 Å². The minimum atomic E-state index is -1.09. The van der Waals surface area contributed by atoms with Gasteiger partial charge in [-0.1, -0.05) is 6.92 Å². The molecule has 0 fully saturated rings. The standard InChI is InChI=1S/C12H23BN2O3/c1-6-7-15-9-10(8-14-15)13(17)18-12(4,5)11(2,3)16/h8-9,16-17H,6-7H2,1-5H3. The molecular formula is C12H23BN2O3. The molecule has 0 atom stereocenters. The van der Waals surface area contributed by atoms with Crippen LogP contribution in [0.2, 0.25) is 0 Å². The van der Waals surface area contributed by atoms with Crippen LogP contribution in [0.4, 0.5) is 0 Å². The average Bonchev–Trinajstić information content (AvgIpc) is 2.64. The maximum absolute atomic E-state index is 10.0. The average molecular weight is 254 g/mol. The summed E-state index contributed by atoms with van der Waals surface area (Å²) >= 11 is 0. The number of aliphatic hydroxyl groups is 1. The lowest BCUT2D eigenvalue weighted by atomic mass is 9.78. The zero-order chi connectivity index (χ0) is 14.0. The normalized spacial score (nSPS) is 12.8. The van der Waals surface area contributed by atoms with Crippen molar-refractivity contribution in [2.75, 3.05) is 0 Å². The van der Waals surface area contributed by atoms with Gasteiger partial charge in [0.2, 0.25) is 0 Å². The monoisotopic (exact) mass is 254 g/mol. The van der Waals surface area contributed by atoms with Crippen molar-refractivity contribution >= 4 is 12.6 Å². The van der Waals surface area contributed by atoms with Crippen LogP contribution in [0.3, 0.4) is 0 Å². The Morgan fingerprint density at radius 2 is 2.00 bits per heavy atom. The van der Waals surface area contributed by atoms with Crippen molar-refractivity contribution in [1.29, 1.82) is 0 Å². The van der Waals surface area contributed by atoms with Crippen molar-refractivity contribution in [2.24, 2.45) is 0 Å². The quantitative estimate of drug-likeness (QED) is 0.727. The second-order valence-corrected chi connectivity index (χ2v) is 5.58. The first-order chi connectivity index (χ1) is 8.17. The lowest BCUT2D eigenvalue weighted by Crippen LogP contribution is -2.53. The molecule has 102 valence electrons. The van der Waals surface area contributed by atoms with Gasteiger partial charge in [-0.3, -0.25) is 4.68 Å². The highest BCUT2D eigenvalue weighted by Crippen LogP contribution is 2.25. The van der Waals surface area contributed by atoms with Crippen LogP contribution in [-0.2, 0) is 11.2 Å². The second kappa shape index (κ2) is 5.42. The minimum absolute atomic E-state index is 0.598. The van der Waals surface area contributed by atoms with Gasteiger partial charge in [0.15, 0.2) is 0 Å². The van der Waals surface area contributed by atoms with E-state index in [0.29, 0.717) is 5.46 Å². The van der Waals surface area contributed by atoms with E-state index in [9.17, 15) is 10.1 Å². The number of nitrogens with zero attached hydrogens (tertiary/aromatic N) is 2. The van der Waals surface area contributed by atoms with Crippen molar-refractivity contribution in [1.82, 2.24) is 9.78 Å². The van der Waals surface area contributed by atoms with Crippen molar-refractivity contribution in [3.63, 3.8) is 0 Å². The summed E-state index contributed by atoms with van der Waals surface area (Å²) in [4.78, 5) is 0. The molecule has 0 aliphatic heterocycles. The summed E-state index contributed by atoms with van der Waals surface area (Å²) in [5.74, 6) is 0. The summed E-state index contributed by atoms with van der Waals surface area (Å²) in [5.41, 5.74) is -1.31. The van der Waals surface area contributed by atoms with E-state index in [1.807, 2.05) is 0 Å². The first-order valence-electron chi connectivity index (χ1n) is 6.28. The molecule has 5 nitrogen and oxygen atoms in total. The molecule has 0 saturated heterocycles. The van der Waals surface area contributed by atoms with E-state index < -0.39 is 18.3 Å². The molecule has 0 aliphatic carbocycles. The van der Waals surface area contributed by atoms with Crippen LogP contribution in [-0.4, -0.2) is 38.2 Å². The maximum Gasteiger partial charge on any atom is 0.494 e. The molecule has 18 heavy (non-hydrogen) atoms. The Morgan fingerprint density at radius 3 is 2.50 bits per heavy atom. The van der Waals surface area contributed by atoms with Crippen LogP contribution < -0.4 is 5.46 Å². The Kier molecular flexibility index (Phi) is 4.58. The molecule has 6 heteroatoms. The summed E-state index contributed by atoms with van der Waals surface area (Å²) in [7, 11) is -1.09. The third-order valence-electron chi connectivity index (χ3n) is 3.27. The highest BCUT2D eigenvalue weighted by molar-refractivity contribution is 6.59. The van der Waals surface area contributed by atoms with Gasteiger partial charge in [-0.05, 0) is 34.1 Å². The van der Waals surface area contributed by atoms with E-state index in [2.05, 4.69) is 12.0 Å². The van der Waals surface area contributed by atoms with Crippen molar-refractivity contribution in [2.45, 2.75) is 58.8 Å². The number of aryl methyl sites for hydroxylation is 1. The van der Waals surface area contributed by atoms with E-state index in [1.165, 1.54) is 0 Å². The second-order valence-electron chi connectivity index (χ2n) is 5.58. The predicted molar refractivity (Wildman–Crippen MR) is 71.6 cm³/mol. The zero-order valence-corrected chi connectivity index (χ0v) is 11.8. The molecule has 2 N–H and O–H groups in total. The molecule has 1 rings (SSSR count). The maximum atomic E-state index is 10.0. The molecule has 0 unspecified atom stereocenters. The molecule has 0 radical (unpaired) electrons. The van der Waals surface area contributed by atoms with Crippen molar-refractivity contribution in [3.8, 4) is 0 Å². The lowest BCUT2D eigenvalue weighted by Gasteiger charge is -2.38. The van der Waals surface area contributed by atoms with E-state index in [4.69, 9.17) is 4.65 Å². The van der Waals surface area contributed by atoms with Crippen LogP contribution in [0, 0.1) is 0 Å². The van der Waals surface area contributed by atoms with Gasteiger partial charge < -0.3 is 14.8 Å². The van der Waals surface area contributed by atoms with E-state index in [-0.39, 0.29) is 0 Å². The number of hydrogen-bond donors (Lipinski definition) is 2. The molecule has 0 spiro atoms. The van der Waals surface area contributed by atoms with Gasteiger partial charge in [-0.15, -0.1) is 0 Å². The van der Waals surface area contributed by atoms with Crippen molar-refractivity contribution in [3.05, 3.63) is 12.4 Å². The molecule has 0 bridgehead atoms. The topological polar surface area (TPSA) is 67.5 Å². The molecule has 1 aromatic heterocycles. The van der Waals surface area contributed by atoms with Crippen LogP contribution in [0.1, 0.15) is 41.0 Å². The summed E-state index contributed by atoms with van der Waals surface area (Å²) in [6.07, 6.45) is 4.32. The third-order valence-corrected chi connectivity index (χ3v) is 3.27. The Balaban J connectivity index is 2.72. The molecule has 1 aromatic rings. The molecule has 0 saturated carbocycles. The van der Waals surface area contributed by atoms with E-state index in [1.54, 1.807) is 44.8 Å². The van der Waals surface area contributed by atoms with Crippen LogP contribution in [0.15, 0.2) is 12.4 Å². The Labute approximate surface area is 109 Å². The number of hydrogen-bond acceptors (Lipinski definition) is 4. The van der Waals surface area contributed by atoms with Gasteiger partial charge in [0, 0.05) is 24.4 Å². The summed E-state index contributed by atoms with van der Waals surface area (Å²) in [5, 5.41) is 24.1. The summed E-state index contributed by atoms with van der Waals surface area (Å²) in [6.45, 7) is 9.66. The van der Waals surface area contributed by atoms with Gasteiger partial charge >= 0.3 is 7.12 Å². The highest BCUT2D eigenvalue weighted by Gasteiger charge is 2.39. The SMILES string of the molecule is CCCn1cc(B(O)OC(C)(C)C(C)(C)O)cn1. The molecule has 0 aliphatic rings. The highest BCUT2D eigenvalue weighted by atomic mass is 16.5. The van der Waals surface area contributed by atoms with Gasteiger partial charge in [0.25, 0.3) is 0 Å². The smallest absolute Gasteiger partial charge is 0.423 e. The summed E-state index contributed by atoms with van der Waals surface area (Å²) in [6, 6.07) is 0. The Hall–Kier alpha value is -0.845. The summed E-state index contributed by atoms with van der Waals surface area (Å²) < 4.78 is 7.29. The first-order valence-corrected chi connectivity index (χ1v) is 6.28. The number of aromatic nitrogens is 2. The van der Waals surface area contributed by atoms with E-state index >= 15 is 0 Å². The molecular weight excluding hydrogens is 231 g/mol. The van der Waals surface area contributed by atoms with Gasteiger partial charge in [-0.2, -0.15) is 5.10 Å². The lowest BCUT2D eigenvalue weighted by molar-refractivity contribution is -0.0982. The fourth-order valence-corrected chi connectivity index (χ4v) is 1.35. The van der Waals surface area contributed by atoms with E-state index in [0.717, 1.165) is 13.0 Å². The van der Waals surface area contributed by atoms with Gasteiger partial charge in [0.1, 0.15) is 0 Å². The third kappa shape index (κ3) is 3.57. The van der Waals surface area contributed by atoms with Gasteiger partial charge in [0.05, 0.1) is 11.2 Å². The molecule has 0 amide bonds. The van der Waals surface area contributed by atoms with Crippen LogP contribution in [0.5, 0.6) is 0 Å². The van der Waals surface area contributed by atoms with Gasteiger partial charge in [-0.25, -0.2) is 0 Å². The Morgan fingerprint density at radius 1 is 1.39 bits per heavy atom.